The summed E-state index contributed by atoms with van der Waals surface area (Å²) in [5.41, 5.74) is 7.28. The quantitative estimate of drug-likeness (QED) is 0.829. The van der Waals surface area contributed by atoms with Gasteiger partial charge in [-0.25, -0.2) is 4.39 Å². The van der Waals surface area contributed by atoms with Crippen molar-refractivity contribution >= 4 is 5.69 Å². The average Bonchev–Trinajstić information content (AvgIpc) is 3.10. The van der Waals surface area contributed by atoms with E-state index in [1.54, 1.807) is 6.07 Å². The van der Waals surface area contributed by atoms with Gasteiger partial charge >= 0.3 is 0 Å². The minimum absolute atomic E-state index is 0.148. The van der Waals surface area contributed by atoms with Gasteiger partial charge in [0.05, 0.1) is 5.69 Å². The maximum atomic E-state index is 13.8. The molecule has 0 radical (unpaired) electrons. The van der Waals surface area contributed by atoms with E-state index in [0.29, 0.717) is 12.2 Å². The molecule has 0 bridgehead atoms. The molecule has 2 nitrogen and oxygen atoms in total. The van der Waals surface area contributed by atoms with E-state index in [-0.39, 0.29) is 5.82 Å². The van der Waals surface area contributed by atoms with Crippen LogP contribution >= 0.6 is 0 Å². The Bertz CT molecular complexity index is 361. The topological polar surface area (TPSA) is 29.3 Å². The summed E-state index contributed by atoms with van der Waals surface area (Å²) in [6.07, 6.45) is 2.56. The summed E-state index contributed by atoms with van der Waals surface area (Å²) in [7, 11) is 0. The third-order valence-corrected chi connectivity index (χ3v) is 3.16. The Morgan fingerprint density at radius 3 is 2.75 bits per heavy atom. The van der Waals surface area contributed by atoms with Crippen molar-refractivity contribution in [3.63, 3.8) is 0 Å². The summed E-state index contributed by atoms with van der Waals surface area (Å²) in [6, 6.07) is 5.16. The molecule has 3 heteroatoms. The van der Waals surface area contributed by atoms with Gasteiger partial charge < -0.3 is 10.6 Å². The molecular weight excluding hydrogens is 203 g/mol. The van der Waals surface area contributed by atoms with Gasteiger partial charge in [0.25, 0.3) is 0 Å². The van der Waals surface area contributed by atoms with Crippen LogP contribution in [0.5, 0.6) is 0 Å². The molecule has 1 saturated carbocycles. The van der Waals surface area contributed by atoms with Crippen molar-refractivity contribution in [1.29, 1.82) is 0 Å². The Hall–Kier alpha value is -1.09. The van der Waals surface area contributed by atoms with E-state index in [4.69, 9.17) is 5.73 Å². The first-order valence-electron chi connectivity index (χ1n) is 5.98. The summed E-state index contributed by atoms with van der Waals surface area (Å²) in [5, 5.41) is 0. The Morgan fingerprint density at radius 1 is 1.44 bits per heavy atom. The normalized spacial score (nSPS) is 15.2. The van der Waals surface area contributed by atoms with E-state index in [0.717, 1.165) is 24.6 Å². The summed E-state index contributed by atoms with van der Waals surface area (Å²) in [6.45, 7) is 4.26. The van der Waals surface area contributed by atoms with Crippen LogP contribution in [-0.2, 0) is 6.54 Å². The summed E-state index contributed by atoms with van der Waals surface area (Å²) >= 11 is 0. The van der Waals surface area contributed by atoms with Crippen LogP contribution in [0.3, 0.4) is 0 Å². The third-order valence-electron chi connectivity index (χ3n) is 3.16. The minimum Gasteiger partial charge on any atom is -0.369 e. The van der Waals surface area contributed by atoms with Gasteiger partial charge in [0.15, 0.2) is 0 Å². The molecule has 2 rings (SSSR count). The number of nitrogens with zero attached hydrogens (tertiary/aromatic N) is 1. The van der Waals surface area contributed by atoms with Gasteiger partial charge in [-0.1, -0.05) is 12.1 Å². The van der Waals surface area contributed by atoms with Gasteiger partial charge in [-0.3, -0.25) is 0 Å². The number of para-hydroxylation sites is 1. The molecule has 16 heavy (non-hydrogen) atoms. The van der Waals surface area contributed by atoms with Crippen molar-refractivity contribution in [2.24, 2.45) is 11.7 Å². The highest BCUT2D eigenvalue weighted by Gasteiger charge is 2.25. The number of hydrogen-bond donors (Lipinski definition) is 1. The highest BCUT2D eigenvalue weighted by Crippen LogP contribution is 2.33. The molecule has 0 saturated heterocycles. The lowest BCUT2D eigenvalue weighted by atomic mass is 10.1. The monoisotopic (exact) mass is 222 g/mol. The highest BCUT2D eigenvalue weighted by molar-refractivity contribution is 5.55. The predicted octanol–water partition coefficient (Wildman–Crippen LogP) is 2.52. The first-order chi connectivity index (χ1) is 7.76. The molecule has 0 aromatic heterocycles. The SMILES string of the molecule is CCN(CC1CC1)c1c(F)cccc1CN. The van der Waals surface area contributed by atoms with Crippen molar-refractivity contribution < 1.29 is 4.39 Å². The molecule has 0 unspecified atom stereocenters. The Labute approximate surface area is 96.2 Å². The highest BCUT2D eigenvalue weighted by atomic mass is 19.1. The second kappa shape index (κ2) is 4.83. The summed E-state index contributed by atoms with van der Waals surface area (Å²) in [4.78, 5) is 2.12. The zero-order valence-corrected chi connectivity index (χ0v) is 9.75. The first kappa shape index (κ1) is 11.4. The van der Waals surface area contributed by atoms with Crippen molar-refractivity contribution in [3.8, 4) is 0 Å². The van der Waals surface area contributed by atoms with E-state index in [9.17, 15) is 4.39 Å². The second-order valence-electron chi connectivity index (χ2n) is 4.43. The predicted molar refractivity (Wildman–Crippen MR) is 64.9 cm³/mol. The number of hydrogen-bond acceptors (Lipinski definition) is 2. The molecule has 88 valence electrons. The fourth-order valence-corrected chi connectivity index (χ4v) is 2.07. The zero-order valence-electron chi connectivity index (χ0n) is 9.75. The number of nitrogens with two attached hydrogens (primary N) is 1. The maximum Gasteiger partial charge on any atom is 0.146 e. The van der Waals surface area contributed by atoms with Crippen LogP contribution in [-0.4, -0.2) is 13.1 Å². The molecule has 1 aromatic carbocycles. The second-order valence-corrected chi connectivity index (χ2v) is 4.43. The van der Waals surface area contributed by atoms with Crippen LogP contribution in [0.4, 0.5) is 10.1 Å². The van der Waals surface area contributed by atoms with E-state index < -0.39 is 0 Å². The molecule has 0 atom stereocenters. The maximum absolute atomic E-state index is 13.8. The van der Waals surface area contributed by atoms with Crippen LogP contribution in [0.1, 0.15) is 25.3 Å². The molecule has 0 heterocycles. The average molecular weight is 222 g/mol. The molecule has 1 aliphatic rings. The van der Waals surface area contributed by atoms with Gasteiger partial charge in [-0.05, 0) is 37.3 Å². The molecule has 1 aromatic rings. The number of anilines is 1. The van der Waals surface area contributed by atoms with Crippen molar-refractivity contribution in [2.75, 3.05) is 18.0 Å². The molecular formula is C13H19FN2. The van der Waals surface area contributed by atoms with Gasteiger partial charge in [0.1, 0.15) is 5.82 Å². The summed E-state index contributed by atoms with van der Waals surface area (Å²) in [5.74, 6) is 0.607. The lowest BCUT2D eigenvalue weighted by Crippen LogP contribution is -2.27. The molecule has 2 N–H and O–H groups in total. The number of rotatable bonds is 5. The van der Waals surface area contributed by atoms with Crippen molar-refractivity contribution in [3.05, 3.63) is 29.6 Å². The van der Waals surface area contributed by atoms with Crippen molar-refractivity contribution in [1.82, 2.24) is 0 Å². The Balaban J connectivity index is 2.26. The molecule has 1 aliphatic carbocycles. The van der Waals surface area contributed by atoms with Crippen LogP contribution < -0.4 is 10.6 Å². The van der Waals surface area contributed by atoms with E-state index in [1.807, 2.05) is 6.07 Å². The van der Waals surface area contributed by atoms with E-state index >= 15 is 0 Å². The van der Waals surface area contributed by atoms with Crippen LogP contribution in [0.2, 0.25) is 0 Å². The van der Waals surface area contributed by atoms with E-state index in [2.05, 4.69) is 11.8 Å². The molecule has 0 spiro atoms. The third kappa shape index (κ3) is 2.35. The van der Waals surface area contributed by atoms with E-state index in [1.165, 1.54) is 18.9 Å². The van der Waals surface area contributed by atoms with Gasteiger partial charge in [-0.2, -0.15) is 0 Å². The lowest BCUT2D eigenvalue weighted by Gasteiger charge is -2.26. The number of halogens is 1. The lowest BCUT2D eigenvalue weighted by molar-refractivity contribution is 0.610. The smallest absolute Gasteiger partial charge is 0.146 e. The molecule has 1 fully saturated rings. The summed E-state index contributed by atoms with van der Waals surface area (Å²) < 4.78 is 13.8. The Morgan fingerprint density at radius 2 is 2.19 bits per heavy atom. The fraction of sp³-hybridized carbons (Fsp3) is 0.538. The minimum atomic E-state index is -0.148. The van der Waals surface area contributed by atoms with Crippen molar-refractivity contribution in [2.45, 2.75) is 26.3 Å². The number of benzene rings is 1. The van der Waals surface area contributed by atoms with Gasteiger partial charge in [-0.15, -0.1) is 0 Å². The zero-order chi connectivity index (χ0) is 11.5. The molecule has 0 aliphatic heterocycles. The standard InChI is InChI=1S/C13H19FN2/c1-2-16(9-10-6-7-10)13-11(8-15)4-3-5-12(13)14/h3-5,10H,2,6-9,15H2,1H3. The molecule has 0 amide bonds. The van der Waals surface area contributed by atoms with Crippen LogP contribution in [0, 0.1) is 11.7 Å². The fourth-order valence-electron chi connectivity index (χ4n) is 2.07. The van der Waals surface area contributed by atoms with Gasteiger partial charge in [0, 0.05) is 19.6 Å². The van der Waals surface area contributed by atoms with Crippen LogP contribution in [0.15, 0.2) is 18.2 Å². The first-order valence-corrected chi connectivity index (χ1v) is 5.98. The largest absolute Gasteiger partial charge is 0.369 e. The van der Waals surface area contributed by atoms with Gasteiger partial charge in [0.2, 0.25) is 0 Å². The Kier molecular flexibility index (Phi) is 3.44. The van der Waals surface area contributed by atoms with Crippen LogP contribution in [0.25, 0.3) is 0 Å².